The van der Waals surface area contributed by atoms with Gasteiger partial charge in [0.25, 0.3) is 0 Å². The summed E-state index contributed by atoms with van der Waals surface area (Å²) in [6, 6.07) is 3.14. The summed E-state index contributed by atoms with van der Waals surface area (Å²) in [6.45, 7) is 1.88. The van der Waals surface area contributed by atoms with Crippen LogP contribution in [0.2, 0.25) is 0 Å². The normalized spacial score (nSPS) is 9.25. The molecule has 0 atom stereocenters. The topological polar surface area (TPSA) is 61.0 Å². The Hall–Kier alpha value is -0.610. The van der Waals surface area contributed by atoms with Gasteiger partial charge in [-0.1, -0.05) is 22.9 Å². The van der Waals surface area contributed by atoms with E-state index in [2.05, 4.69) is 15.9 Å². The van der Waals surface area contributed by atoms with E-state index in [0.29, 0.717) is 22.1 Å². The highest BCUT2D eigenvalue weighted by molar-refractivity contribution is 9.10. The molecule has 0 spiro atoms. The summed E-state index contributed by atoms with van der Waals surface area (Å²) < 4.78 is 13.7. The van der Waals surface area contributed by atoms with E-state index in [1.165, 1.54) is 6.07 Å². The quantitative estimate of drug-likeness (QED) is 0.735. The molecule has 0 saturated carbocycles. The van der Waals surface area contributed by atoms with Crippen molar-refractivity contribution in [3.05, 3.63) is 28.0 Å². The lowest BCUT2D eigenvalue weighted by Crippen LogP contribution is -1.96. The minimum absolute atomic E-state index is 0. The number of halogens is 2. The van der Waals surface area contributed by atoms with Crippen LogP contribution in [-0.2, 0) is 6.42 Å². The van der Waals surface area contributed by atoms with E-state index in [1.807, 2.05) is 6.92 Å². The van der Waals surface area contributed by atoms with Gasteiger partial charge in [-0.2, -0.15) is 0 Å². The SMILES string of the molecule is CCc1c(N)cc(Br)cc1F.N. The lowest BCUT2D eigenvalue weighted by Gasteiger charge is -2.04. The van der Waals surface area contributed by atoms with Crippen LogP contribution in [0.3, 0.4) is 0 Å². The smallest absolute Gasteiger partial charge is 0.129 e. The Balaban J connectivity index is 0.00000121. The number of rotatable bonds is 1. The molecule has 0 aliphatic heterocycles. The van der Waals surface area contributed by atoms with Crippen molar-refractivity contribution in [3.63, 3.8) is 0 Å². The summed E-state index contributed by atoms with van der Waals surface area (Å²) in [5, 5.41) is 0. The van der Waals surface area contributed by atoms with Gasteiger partial charge in [-0.3, -0.25) is 0 Å². The standard InChI is InChI=1S/C8H9BrFN.H3N/c1-2-6-7(10)3-5(9)4-8(6)11;/h3-4H,2,11H2,1H3;1H3. The van der Waals surface area contributed by atoms with Crippen molar-refractivity contribution in [1.29, 1.82) is 0 Å². The monoisotopic (exact) mass is 234 g/mol. The molecule has 0 unspecified atom stereocenters. The maximum atomic E-state index is 13.0. The molecule has 0 aliphatic rings. The van der Waals surface area contributed by atoms with Gasteiger partial charge >= 0.3 is 0 Å². The van der Waals surface area contributed by atoms with Crippen LogP contribution < -0.4 is 11.9 Å². The molecule has 4 heteroatoms. The molecule has 1 rings (SSSR count). The Morgan fingerprint density at radius 3 is 2.50 bits per heavy atom. The highest BCUT2D eigenvalue weighted by Gasteiger charge is 2.04. The lowest BCUT2D eigenvalue weighted by molar-refractivity contribution is 0.612. The van der Waals surface area contributed by atoms with Crippen molar-refractivity contribution in [1.82, 2.24) is 6.15 Å². The van der Waals surface area contributed by atoms with E-state index in [0.717, 1.165) is 0 Å². The van der Waals surface area contributed by atoms with Gasteiger partial charge < -0.3 is 11.9 Å². The Kier molecular flexibility index (Phi) is 4.20. The van der Waals surface area contributed by atoms with E-state index in [-0.39, 0.29) is 12.0 Å². The minimum atomic E-state index is -0.237. The maximum absolute atomic E-state index is 13.0. The largest absolute Gasteiger partial charge is 0.398 e. The van der Waals surface area contributed by atoms with Crippen molar-refractivity contribution in [2.24, 2.45) is 0 Å². The maximum Gasteiger partial charge on any atom is 0.129 e. The molecule has 1 aromatic carbocycles. The van der Waals surface area contributed by atoms with Crippen LogP contribution in [0.25, 0.3) is 0 Å². The molecule has 5 N–H and O–H groups in total. The first-order chi connectivity index (χ1) is 5.15. The molecule has 2 nitrogen and oxygen atoms in total. The van der Waals surface area contributed by atoms with E-state index in [9.17, 15) is 4.39 Å². The van der Waals surface area contributed by atoms with Crippen LogP contribution in [0.4, 0.5) is 10.1 Å². The molecule has 0 fully saturated rings. The molecular formula is C8H12BrFN2. The van der Waals surface area contributed by atoms with Gasteiger partial charge in [-0.25, -0.2) is 4.39 Å². The van der Waals surface area contributed by atoms with Crippen LogP contribution in [-0.4, -0.2) is 0 Å². The number of hydrogen-bond acceptors (Lipinski definition) is 2. The average Bonchev–Trinajstić information content (AvgIpc) is 1.85. The molecule has 0 amide bonds. The van der Waals surface area contributed by atoms with Crippen molar-refractivity contribution in [3.8, 4) is 0 Å². The van der Waals surface area contributed by atoms with Gasteiger partial charge in [0.15, 0.2) is 0 Å². The molecule has 1 aromatic rings. The van der Waals surface area contributed by atoms with Gasteiger partial charge in [-0.15, -0.1) is 0 Å². The first-order valence-electron chi connectivity index (χ1n) is 3.38. The number of nitrogen functional groups attached to an aromatic ring is 1. The number of nitrogens with two attached hydrogens (primary N) is 1. The first-order valence-corrected chi connectivity index (χ1v) is 4.17. The summed E-state index contributed by atoms with van der Waals surface area (Å²) in [6.07, 6.45) is 0.630. The zero-order valence-electron chi connectivity index (χ0n) is 6.90. The highest BCUT2D eigenvalue weighted by Crippen LogP contribution is 2.22. The van der Waals surface area contributed by atoms with Gasteiger partial charge in [0.05, 0.1) is 0 Å². The van der Waals surface area contributed by atoms with Gasteiger partial charge in [0.2, 0.25) is 0 Å². The van der Waals surface area contributed by atoms with Crippen molar-refractivity contribution < 1.29 is 4.39 Å². The summed E-state index contributed by atoms with van der Waals surface area (Å²) >= 11 is 3.16. The molecular weight excluding hydrogens is 223 g/mol. The zero-order chi connectivity index (χ0) is 8.43. The van der Waals surface area contributed by atoms with E-state index < -0.39 is 0 Å². The van der Waals surface area contributed by atoms with Crippen molar-refractivity contribution >= 4 is 21.6 Å². The van der Waals surface area contributed by atoms with Crippen molar-refractivity contribution in [2.75, 3.05) is 5.73 Å². The summed E-state index contributed by atoms with van der Waals surface area (Å²) in [7, 11) is 0. The first kappa shape index (κ1) is 11.4. The predicted octanol–water partition coefficient (Wildman–Crippen LogP) is 2.89. The van der Waals surface area contributed by atoms with Crippen LogP contribution in [0.1, 0.15) is 12.5 Å². The van der Waals surface area contributed by atoms with E-state index >= 15 is 0 Å². The van der Waals surface area contributed by atoms with E-state index in [4.69, 9.17) is 5.73 Å². The third kappa shape index (κ3) is 2.19. The molecule has 0 heterocycles. The van der Waals surface area contributed by atoms with E-state index in [1.54, 1.807) is 6.07 Å². The third-order valence-electron chi connectivity index (χ3n) is 1.55. The molecule has 68 valence electrons. The van der Waals surface area contributed by atoms with Gasteiger partial charge in [0, 0.05) is 15.7 Å². The number of anilines is 1. The Morgan fingerprint density at radius 2 is 2.08 bits per heavy atom. The average molecular weight is 235 g/mol. The zero-order valence-corrected chi connectivity index (χ0v) is 8.49. The predicted molar refractivity (Wildman–Crippen MR) is 52.9 cm³/mol. The fourth-order valence-corrected chi connectivity index (χ4v) is 1.44. The summed E-state index contributed by atoms with van der Waals surface area (Å²) in [4.78, 5) is 0. The summed E-state index contributed by atoms with van der Waals surface area (Å²) in [5.74, 6) is -0.237. The highest BCUT2D eigenvalue weighted by atomic mass is 79.9. The number of benzene rings is 1. The lowest BCUT2D eigenvalue weighted by atomic mass is 10.1. The Labute approximate surface area is 79.7 Å². The molecule has 0 bridgehead atoms. The van der Waals surface area contributed by atoms with Crippen LogP contribution in [0.15, 0.2) is 16.6 Å². The second kappa shape index (κ2) is 4.42. The third-order valence-corrected chi connectivity index (χ3v) is 2.01. The van der Waals surface area contributed by atoms with Gasteiger partial charge in [0.1, 0.15) is 5.82 Å². The van der Waals surface area contributed by atoms with Crippen LogP contribution in [0.5, 0.6) is 0 Å². The fraction of sp³-hybridized carbons (Fsp3) is 0.250. The molecule has 0 aromatic heterocycles. The van der Waals surface area contributed by atoms with Crippen LogP contribution in [0, 0.1) is 5.82 Å². The van der Waals surface area contributed by atoms with Gasteiger partial charge in [-0.05, 0) is 18.6 Å². The van der Waals surface area contributed by atoms with Crippen LogP contribution >= 0.6 is 15.9 Å². The molecule has 12 heavy (non-hydrogen) atoms. The molecule has 0 aliphatic carbocycles. The Morgan fingerprint density at radius 1 is 1.50 bits per heavy atom. The molecule has 0 saturated heterocycles. The summed E-state index contributed by atoms with van der Waals surface area (Å²) in [5.41, 5.74) is 6.67. The fourth-order valence-electron chi connectivity index (χ4n) is 0.996. The van der Waals surface area contributed by atoms with Crippen molar-refractivity contribution in [2.45, 2.75) is 13.3 Å². The number of hydrogen-bond donors (Lipinski definition) is 2. The second-order valence-electron chi connectivity index (χ2n) is 2.31. The minimum Gasteiger partial charge on any atom is -0.398 e. The molecule has 0 radical (unpaired) electrons. The second-order valence-corrected chi connectivity index (χ2v) is 3.22. The Bertz CT molecular complexity index is 253.